The number of nitrogens with one attached hydrogen (secondary N) is 1. The van der Waals surface area contributed by atoms with E-state index in [0.29, 0.717) is 17.2 Å². The number of hydrogen-bond acceptors (Lipinski definition) is 3. The van der Waals surface area contributed by atoms with Gasteiger partial charge in [-0.15, -0.1) is 11.8 Å². The molecule has 1 aliphatic heterocycles. The smallest absolute Gasteiger partial charge is 0.256 e. The van der Waals surface area contributed by atoms with Crippen LogP contribution in [0.2, 0.25) is 0 Å². The largest absolute Gasteiger partial charge is 0.322 e. The van der Waals surface area contributed by atoms with Crippen LogP contribution < -0.4 is 10.2 Å². The standard InChI is InChI=1S/C29H26N2O2S/c1-19(2)20-12-16-24(17-13-20)31-27(32)18-34-29(31)22-10-14-23(15-11-22)30-28(33)26-9-5-7-21-6-3-4-8-25(21)26/h3-17,19,29H,18H2,1-2H3,(H,30,33)/t29-/m1/s1. The second-order valence-corrected chi connectivity index (χ2v) is 9.84. The van der Waals surface area contributed by atoms with Crippen LogP contribution in [0.15, 0.2) is 91.0 Å². The number of amides is 2. The molecule has 0 bridgehead atoms. The Labute approximate surface area is 204 Å². The summed E-state index contributed by atoms with van der Waals surface area (Å²) in [6.07, 6.45) is 0. The first-order chi connectivity index (χ1) is 16.5. The van der Waals surface area contributed by atoms with Crippen molar-refractivity contribution in [3.63, 3.8) is 0 Å². The summed E-state index contributed by atoms with van der Waals surface area (Å²) in [6, 6.07) is 29.7. The number of fused-ring (bicyclic) bond motifs is 1. The van der Waals surface area contributed by atoms with Crippen molar-refractivity contribution in [1.29, 1.82) is 0 Å². The Hall–Kier alpha value is -3.57. The van der Waals surface area contributed by atoms with Gasteiger partial charge in [-0.3, -0.25) is 14.5 Å². The molecule has 0 saturated carbocycles. The van der Waals surface area contributed by atoms with E-state index in [2.05, 4.69) is 31.3 Å². The van der Waals surface area contributed by atoms with Crippen LogP contribution in [0.25, 0.3) is 10.8 Å². The van der Waals surface area contributed by atoms with Crippen molar-refractivity contribution in [2.24, 2.45) is 0 Å². The molecule has 170 valence electrons. The van der Waals surface area contributed by atoms with Crippen molar-refractivity contribution >= 4 is 45.7 Å². The molecule has 1 atom stereocenters. The summed E-state index contributed by atoms with van der Waals surface area (Å²) >= 11 is 1.62. The van der Waals surface area contributed by atoms with Crippen molar-refractivity contribution in [3.05, 3.63) is 108 Å². The van der Waals surface area contributed by atoms with Crippen LogP contribution in [0.3, 0.4) is 0 Å². The fraction of sp³-hybridized carbons (Fsp3) is 0.172. The second kappa shape index (κ2) is 9.35. The van der Waals surface area contributed by atoms with Gasteiger partial charge in [-0.1, -0.05) is 74.5 Å². The quantitative estimate of drug-likeness (QED) is 0.345. The lowest BCUT2D eigenvalue weighted by Gasteiger charge is -2.25. The van der Waals surface area contributed by atoms with E-state index in [4.69, 9.17) is 0 Å². The number of nitrogens with zero attached hydrogens (tertiary/aromatic N) is 1. The van der Waals surface area contributed by atoms with Crippen LogP contribution in [-0.4, -0.2) is 17.6 Å². The monoisotopic (exact) mass is 466 g/mol. The summed E-state index contributed by atoms with van der Waals surface area (Å²) in [5.41, 5.74) is 4.58. The van der Waals surface area contributed by atoms with E-state index in [9.17, 15) is 9.59 Å². The fourth-order valence-electron chi connectivity index (χ4n) is 4.32. The van der Waals surface area contributed by atoms with Gasteiger partial charge in [0.15, 0.2) is 0 Å². The summed E-state index contributed by atoms with van der Waals surface area (Å²) in [4.78, 5) is 27.5. The van der Waals surface area contributed by atoms with Crippen LogP contribution in [0.5, 0.6) is 0 Å². The molecule has 2 amide bonds. The molecule has 0 aliphatic carbocycles. The zero-order chi connectivity index (χ0) is 23.7. The topological polar surface area (TPSA) is 49.4 Å². The minimum Gasteiger partial charge on any atom is -0.322 e. The Morgan fingerprint density at radius 2 is 1.62 bits per heavy atom. The highest BCUT2D eigenvalue weighted by molar-refractivity contribution is 8.00. The average Bonchev–Trinajstić information content (AvgIpc) is 3.25. The molecular weight excluding hydrogens is 440 g/mol. The first-order valence-corrected chi connectivity index (χ1v) is 12.5. The van der Waals surface area contributed by atoms with Gasteiger partial charge in [0, 0.05) is 16.9 Å². The zero-order valence-corrected chi connectivity index (χ0v) is 20.0. The molecule has 34 heavy (non-hydrogen) atoms. The van der Waals surface area contributed by atoms with Gasteiger partial charge in [0.1, 0.15) is 5.37 Å². The van der Waals surface area contributed by atoms with Gasteiger partial charge in [-0.2, -0.15) is 0 Å². The normalized spacial score (nSPS) is 15.8. The van der Waals surface area contributed by atoms with Crippen LogP contribution >= 0.6 is 11.8 Å². The number of carbonyl (C=O) groups excluding carboxylic acids is 2. The van der Waals surface area contributed by atoms with Gasteiger partial charge in [0.25, 0.3) is 5.91 Å². The number of benzene rings is 4. The molecule has 0 aromatic heterocycles. The minimum absolute atomic E-state index is 0.0831. The second-order valence-electron chi connectivity index (χ2n) is 8.78. The van der Waals surface area contributed by atoms with Crippen LogP contribution in [0.1, 0.15) is 46.6 Å². The maximum absolute atomic E-state index is 13.0. The lowest BCUT2D eigenvalue weighted by molar-refractivity contribution is -0.115. The van der Waals surface area contributed by atoms with Crippen LogP contribution in [0, 0.1) is 0 Å². The molecule has 0 radical (unpaired) electrons. The Morgan fingerprint density at radius 3 is 2.35 bits per heavy atom. The highest BCUT2D eigenvalue weighted by atomic mass is 32.2. The molecule has 1 aliphatic rings. The van der Waals surface area contributed by atoms with Crippen molar-refractivity contribution in [3.8, 4) is 0 Å². The maximum Gasteiger partial charge on any atom is 0.256 e. The maximum atomic E-state index is 13.0. The van der Waals surface area contributed by atoms with Gasteiger partial charge in [0.05, 0.1) is 5.75 Å². The molecule has 0 unspecified atom stereocenters. The van der Waals surface area contributed by atoms with Crippen molar-refractivity contribution in [1.82, 2.24) is 0 Å². The van der Waals surface area contributed by atoms with E-state index < -0.39 is 0 Å². The third-order valence-electron chi connectivity index (χ3n) is 6.19. The van der Waals surface area contributed by atoms with E-state index in [1.165, 1.54) is 5.56 Å². The lowest BCUT2D eigenvalue weighted by Crippen LogP contribution is -2.27. The predicted molar refractivity (Wildman–Crippen MR) is 142 cm³/mol. The number of anilines is 2. The van der Waals surface area contributed by atoms with Gasteiger partial charge in [-0.25, -0.2) is 0 Å². The summed E-state index contributed by atoms with van der Waals surface area (Å²) in [7, 11) is 0. The summed E-state index contributed by atoms with van der Waals surface area (Å²) in [5.74, 6) is 0.878. The van der Waals surface area contributed by atoms with Gasteiger partial charge in [0.2, 0.25) is 5.91 Å². The van der Waals surface area contributed by atoms with Gasteiger partial charge >= 0.3 is 0 Å². The Morgan fingerprint density at radius 1 is 0.912 bits per heavy atom. The van der Waals surface area contributed by atoms with E-state index in [1.54, 1.807) is 11.8 Å². The minimum atomic E-state index is -0.137. The molecule has 4 aromatic rings. The molecule has 1 saturated heterocycles. The zero-order valence-electron chi connectivity index (χ0n) is 19.2. The highest BCUT2D eigenvalue weighted by Gasteiger charge is 2.34. The molecule has 5 rings (SSSR count). The lowest BCUT2D eigenvalue weighted by atomic mass is 10.0. The number of carbonyl (C=O) groups is 2. The van der Waals surface area contributed by atoms with E-state index >= 15 is 0 Å². The highest BCUT2D eigenvalue weighted by Crippen LogP contribution is 2.42. The fourth-order valence-corrected chi connectivity index (χ4v) is 5.50. The molecule has 0 spiro atoms. The summed E-state index contributed by atoms with van der Waals surface area (Å²) in [6.45, 7) is 4.32. The van der Waals surface area contributed by atoms with Crippen molar-refractivity contribution in [2.75, 3.05) is 16.0 Å². The molecule has 4 nitrogen and oxygen atoms in total. The summed E-state index contributed by atoms with van der Waals surface area (Å²) in [5, 5.41) is 4.89. The molecule has 1 fully saturated rings. The van der Waals surface area contributed by atoms with Gasteiger partial charge < -0.3 is 5.32 Å². The Kier molecular flexibility index (Phi) is 6.12. The Bertz CT molecular complexity index is 1340. The van der Waals surface area contributed by atoms with Gasteiger partial charge in [-0.05, 0) is 58.1 Å². The average molecular weight is 467 g/mol. The third kappa shape index (κ3) is 4.31. The summed E-state index contributed by atoms with van der Waals surface area (Å²) < 4.78 is 0. The van der Waals surface area contributed by atoms with Crippen molar-refractivity contribution < 1.29 is 9.59 Å². The molecule has 4 aromatic carbocycles. The van der Waals surface area contributed by atoms with E-state index in [1.807, 2.05) is 83.8 Å². The number of thioether (sulfide) groups is 1. The number of hydrogen-bond donors (Lipinski definition) is 1. The first kappa shape index (κ1) is 22.2. The SMILES string of the molecule is CC(C)c1ccc(N2C(=O)CS[C@@H]2c2ccc(NC(=O)c3cccc4ccccc34)cc2)cc1. The molecule has 1 heterocycles. The Balaban J connectivity index is 1.35. The number of rotatable bonds is 5. The molecule has 5 heteroatoms. The van der Waals surface area contributed by atoms with Crippen LogP contribution in [0.4, 0.5) is 11.4 Å². The third-order valence-corrected chi connectivity index (χ3v) is 7.41. The molecular formula is C29H26N2O2S. The van der Waals surface area contributed by atoms with E-state index in [0.717, 1.165) is 27.7 Å². The predicted octanol–water partition coefficient (Wildman–Crippen LogP) is 6.99. The van der Waals surface area contributed by atoms with Crippen LogP contribution in [-0.2, 0) is 4.79 Å². The first-order valence-electron chi connectivity index (χ1n) is 11.4. The van der Waals surface area contributed by atoms with Crippen molar-refractivity contribution in [2.45, 2.75) is 25.1 Å². The molecule has 1 N–H and O–H groups in total. The van der Waals surface area contributed by atoms with E-state index in [-0.39, 0.29) is 17.2 Å².